The van der Waals surface area contributed by atoms with E-state index in [0.29, 0.717) is 0 Å². The van der Waals surface area contributed by atoms with E-state index in [0.717, 1.165) is 12.2 Å². The Balaban J connectivity index is 2.50. The molecule has 1 aliphatic heterocycles. The molecular weight excluding hydrogens is 138 g/mol. The number of nitrogens with one attached hydrogen (secondary N) is 1. The molecule has 0 aliphatic carbocycles. The fourth-order valence-electron chi connectivity index (χ4n) is 1.52. The van der Waals surface area contributed by atoms with Crippen LogP contribution < -0.4 is 5.43 Å². The van der Waals surface area contributed by atoms with Gasteiger partial charge >= 0.3 is 0 Å². The van der Waals surface area contributed by atoms with Gasteiger partial charge in [-0.25, -0.2) is 0 Å². The van der Waals surface area contributed by atoms with Crippen LogP contribution in [0.1, 0.15) is 23.4 Å². The molecule has 0 spiro atoms. The molecule has 2 rings (SSSR count). The molecule has 0 unspecified atom stereocenters. The van der Waals surface area contributed by atoms with Crippen molar-refractivity contribution in [2.45, 2.75) is 26.7 Å². The van der Waals surface area contributed by atoms with Gasteiger partial charge in [-0.3, -0.25) is 0 Å². The highest BCUT2D eigenvalue weighted by Crippen LogP contribution is 2.15. The maximum atomic E-state index is 4.36. The predicted octanol–water partition coefficient (Wildman–Crippen LogP) is 0.990. The number of hydrogen-bond acceptors (Lipinski definition) is 2. The second-order valence-electron chi connectivity index (χ2n) is 3.08. The lowest BCUT2D eigenvalue weighted by molar-refractivity contribution is 0.604. The largest absolute Gasteiger partial charge is 0.310 e. The fraction of sp³-hybridized carbons (Fsp3) is 0.625. The summed E-state index contributed by atoms with van der Waals surface area (Å²) in [5.74, 6) is 0. The minimum absolute atomic E-state index is 1.05. The highest BCUT2D eigenvalue weighted by atomic mass is 15.6. The molecule has 0 bridgehead atoms. The lowest BCUT2D eigenvalue weighted by atomic mass is 10.1. The molecule has 1 aromatic rings. The van der Waals surface area contributed by atoms with E-state index in [2.05, 4.69) is 24.4 Å². The van der Waals surface area contributed by atoms with Crippen LogP contribution in [0.2, 0.25) is 0 Å². The minimum atomic E-state index is 1.05. The van der Waals surface area contributed by atoms with E-state index in [1.54, 1.807) is 0 Å². The summed E-state index contributed by atoms with van der Waals surface area (Å²) in [6.45, 7) is 5.25. The SMILES string of the molecule is Cc1nn2c(c1C)CCCN2. The summed E-state index contributed by atoms with van der Waals surface area (Å²) in [5, 5.41) is 4.36. The Hall–Kier alpha value is -0.990. The third kappa shape index (κ3) is 0.914. The molecule has 3 nitrogen and oxygen atoms in total. The van der Waals surface area contributed by atoms with Crippen LogP contribution in [0.3, 0.4) is 0 Å². The van der Waals surface area contributed by atoms with Gasteiger partial charge in [0.25, 0.3) is 0 Å². The van der Waals surface area contributed by atoms with Gasteiger partial charge in [0.1, 0.15) is 0 Å². The van der Waals surface area contributed by atoms with Gasteiger partial charge in [0.15, 0.2) is 0 Å². The number of nitrogens with zero attached hydrogens (tertiary/aromatic N) is 2. The van der Waals surface area contributed by atoms with Crippen molar-refractivity contribution in [3.05, 3.63) is 17.0 Å². The maximum absolute atomic E-state index is 4.36. The summed E-state index contributed by atoms with van der Waals surface area (Å²) in [4.78, 5) is 1.92. The molecular formula is C8H13N3. The molecule has 1 N–H and O–H groups in total. The smallest absolute Gasteiger partial charge is 0.0652 e. The molecule has 0 radical (unpaired) electrons. The predicted molar refractivity (Wildman–Crippen MR) is 44.2 cm³/mol. The van der Waals surface area contributed by atoms with Gasteiger partial charge < -0.3 is 5.43 Å². The first-order valence-electron chi connectivity index (χ1n) is 4.08. The number of fused-ring (bicyclic) bond motifs is 1. The monoisotopic (exact) mass is 151 g/mol. The van der Waals surface area contributed by atoms with Crippen LogP contribution in [-0.4, -0.2) is 16.4 Å². The van der Waals surface area contributed by atoms with Crippen molar-refractivity contribution < 1.29 is 0 Å². The molecule has 0 amide bonds. The molecule has 0 saturated carbocycles. The molecule has 11 heavy (non-hydrogen) atoms. The molecule has 0 aromatic carbocycles. The van der Waals surface area contributed by atoms with Crippen LogP contribution in [0.4, 0.5) is 0 Å². The zero-order valence-corrected chi connectivity index (χ0v) is 7.02. The van der Waals surface area contributed by atoms with Crippen LogP contribution in [0, 0.1) is 13.8 Å². The average molecular weight is 151 g/mol. The Morgan fingerprint density at radius 1 is 1.45 bits per heavy atom. The number of hydrogen-bond donors (Lipinski definition) is 1. The third-order valence-corrected chi connectivity index (χ3v) is 2.33. The number of rotatable bonds is 0. The Labute approximate surface area is 66.4 Å². The first-order valence-corrected chi connectivity index (χ1v) is 4.08. The van der Waals surface area contributed by atoms with E-state index in [9.17, 15) is 0 Å². The van der Waals surface area contributed by atoms with Crippen molar-refractivity contribution in [1.29, 1.82) is 0 Å². The minimum Gasteiger partial charge on any atom is -0.310 e. The molecule has 0 saturated heterocycles. The Morgan fingerprint density at radius 3 is 3.00 bits per heavy atom. The van der Waals surface area contributed by atoms with Crippen molar-refractivity contribution in [3.63, 3.8) is 0 Å². The van der Waals surface area contributed by atoms with Crippen molar-refractivity contribution in [3.8, 4) is 0 Å². The highest BCUT2D eigenvalue weighted by Gasteiger charge is 2.13. The summed E-state index contributed by atoms with van der Waals surface area (Å²) in [5.41, 5.74) is 7.08. The maximum Gasteiger partial charge on any atom is 0.0652 e. The second-order valence-corrected chi connectivity index (χ2v) is 3.08. The van der Waals surface area contributed by atoms with Gasteiger partial charge in [-0.15, -0.1) is 0 Å². The quantitative estimate of drug-likeness (QED) is 0.599. The highest BCUT2D eigenvalue weighted by molar-refractivity contribution is 5.25. The first kappa shape index (κ1) is 6.70. The van der Waals surface area contributed by atoms with Crippen LogP contribution in [0.5, 0.6) is 0 Å². The van der Waals surface area contributed by atoms with Gasteiger partial charge in [-0.05, 0) is 32.3 Å². The summed E-state index contributed by atoms with van der Waals surface area (Å²) in [6, 6.07) is 0. The molecule has 3 heteroatoms. The van der Waals surface area contributed by atoms with Crippen molar-refractivity contribution in [2.75, 3.05) is 12.0 Å². The van der Waals surface area contributed by atoms with Gasteiger partial charge in [0, 0.05) is 6.54 Å². The van der Waals surface area contributed by atoms with E-state index in [1.165, 1.54) is 24.1 Å². The lowest BCUT2D eigenvalue weighted by Gasteiger charge is -2.15. The van der Waals surface area contributed by atoms with Gasteiger partial charge in [0.05, 0.1) is 11.4 Å². The van der Waals surface area contributed by atoms with Crippen LogP contribution in [0.25, 0.3) is 0 Å². The Bertz CT molecular complexity index is 275. The lowest BCUT2D eigenvalue weighted by Crippen LogP contribution is -2.25. The third-order valence-electron chi connectivity index (χ3n) is 2.33. The average Bonchev–Trinajstić information content (AvgIpc) is 2.30. The van der Waals surface area contributed by atoms with Gasteiger partial charge in [-0.1, -0.05) is 0 Å². The molecule has 1 aliphatic rings. The molecule has 0 fully saturated rings. The standard InChI is InChI=1S/C8H13N3/c1-6-7(2)10-11-8(6)4-3-5-9-11/h9H,3-5H2,1-2H3. The van der Waals surface area contributed by atoms with Crippen LogP contribution in [-0.2, 0) is 6.42 Å². The zero-order valence-electron chi connectivity index (χ0n) is 7.02. The fourth-order valence-corrected chi connectivity index (χ4v) is 1.52. The molecule has 2 heterocycles. The normalized spacial score (nSPS) is 15.8. The van der Waals surface area contributed by atoms with Gasteiger partial charge in [-0.2, -0.15) is 9.89 Å². The summed E-state index contributed by atoms with van der Waals surface area (Å²) in [7, 11) is 0. The molecule has 1 aromatic heterocycles. The Morgan fingerprint density at radius 2 is 2.27 bits per heavy atom. The first-order chi connectivity index (χ1) is 5.29. The van der Waals surface area contributed by atoms with E-state index < -0.39 is 0 Å². The summed E-state index contributed by atoms with van der Waals surface area (Å²) < 4.78 is 0. The molecule has 60 valence electrons. The van der Waals surface area contributed by atoms with Crippen molar-refractivity contribution >= 4 is 0 Å². The van der Waals surface area contributed by atoms with E-state index >= 15 is 0 Å². The second kappa shape index (κ2) is 2.26. The van der Waals surface area contributed by atoms with E-state index in [1.807, 2.05) is 4.79 Å². The number of aryl methyl sites for hydroxylation is 1. The van der Waals surface area contributed by atoms with E-state index in [4.69, 9.17) is 0 Å². The van der Waals surface area contributed by atoms with Crippen LogP contribution in [0.15, 0.2) is 0 Å². The number of aromatic nitrogens is 2. The summed E-state index contributed by atoms with van der Waals surface area (Å²) in [6.07, 6.45) is 2.39. The molecule has 0 atom stereocenters. The van der Waals surface area contributed by atoms with Crippen molar-refractivity contribution in [1.82, 2.24) is 9.89 Å². The van der Waals surface area contributed by atoms with Gasteiger partial charge in [0.2, 0.25) is 0 Å². The Kier molecular flexibility index (Phi) is 1.37. The van der Waals surface area contributed by atoms with E-state index in [-0.39, 0.29) is 0 Å². The summed E-state index contributed by atoms with van der Waals surface area (Å²) >= 11 is 0. The topological polar surface area (TPSA) is 29.9 Å². The van der Waals surface area contributed by atoms with Crippen LogP contribution >= 0.6 is 0 Å². The van der Waals surface area contributed by atoms with Crippen molar-refractivity contribution in [2.24, 2.45) is 0 Å². The zero-order chi connectivity index (χ0) is 7.84.